The van der Waals surface area contributed by atoms with E-state index in [4.69, 9.17) is 0 Å². The van der Waals surface area contributed by atoms with Gasteiger partial charge in [0.25, 0.3) is 0 Å². The molecule has 0 saturated carbocycles. The zero-order chi connectivity index (χ0) is 13.9. The third-order valence-electron chi connectivity index (χ3n) is 2.84. The molecule has 0 fully saturated rings. The van der Waals surface area contributed by atoms with Crippen LogP contribution in [0.5, 0.6) is 0 Å². The van der Waals surface area contributed by atoms with Gasteiger partial charge in [0.15, 0.2) is 0 Å². The molecule has 0 aliphatic heterocycles. The molecule has 0 spiro atoms. The van der Waals surface area contributed by atoms with Crippen molar-refractivity contribution >= 4 is 10.0 Å². The van der Waals surface area contributed by atoms with Gasteiger partial charge >= 0.3 is 0 Å². The number of aryl methyl sites for hydroxylation is 3. The highest BCUT2D eigenvalue weighted by Crippen LogP contribution is 2.08. The van der Waals surface area contributed by atoms with Crippen LogP contribution >= 0.6 is 0 Å². The summed E-state index contributed by atoms with van der Waals surface area (Å²) >= 11 is 0. The van der Waals surface area contributed by atoms with E-state index in [1.54, 1.807) is 13.2 Å². The molecule has 19 heavy (non-hydrogen) atoms. The number of rotatable bonds is 6. The Morgan fingerprint density at radius 2 is 2.21 bits per heavy atom. The molecule has 2 rings (SSSR count). The van der Waals surface area contributed by atoms with Crippen molar-refractivity contribution in [1.29, 1.82) is 0 Å². The lowest BCUT2D eigenvalue weighted by Gasteiger charge is -2.04. The molecular weight excluding hydrogens is 266 g/mol. The number of nitrogens with one attached hydrogen (secondary N) is 2. The summed E-state index contributed by atoms with van der Waals surface area (Å²) in [6.45, 7) is 2.34. The molecule has 0 aliphatic rings. The Kier molecular flexibility index (Phi) is 4.01. The summed E-state index contributed by atoms with van der Waals surface area (Å²) in [5, 5.41) is 10.6. The largest absolute Gasteiger partial charge is 0.283 e. The van der Waals surface area contributed by atoms with E-state index in [-0.39, 0.29) is 4.90 Å². The number of hydrogen-bond donors (Lipinski definition) is 2. The van der Waals surface area contributed by atoms with Crippen LogP contribution in [-0.4, -0.2) is 34.9 Å². The highest BCUT2D eigenvalue weighted by molar-refractivity contribution is 7.89. The van der Waals surface area contributed by atoms with Crippen LogP contribution in [-0.2, 0) is 23.5 Å². The standard InChI is InChI=1S/C11H17N5O2S/c1-9-10(6-12-15-9)4-3-5-14-19(17,18)11-7-13-16(2)8-11/h6-8,14H,3-5H2,1-2H3,(H,12,15). The van der Waals surface area contributed by atoms with E-state index >= 15 is 0 Å². The van der Waals surface area contributed by atoms with E-state index in [1.807, 2.05) is 6.92 Å². The molecule has 0 aliphatic carbocycles. The Balaban J connectivity index is 1.84. The van der Waals surface area contributed by atoms with E-state index in [0.717, 1.165) is 24.1 Å². The molecule has 0 bridgehead atoms. The molecule has 2 aromatic heterocycles. The normalized spacial score (nSPS) is 11.9. The van der Waals surface area contributed by atoms with Gasteiger partial charge in [-0.25, -0.2) is 13.1 Å². The summed E-state index contributed by atoms with van der Waals surface area (Å²) in [5.74, 6) is 0. The van der Waals surface area contributed by atoms with Crippen molar-refractivity contribution in [3.8, 4) is 0 Å². The third-order valence-corrected chi connectivity index (χ3v) is 4.26. The molecule has 0 aromatic carbocycles. The van der Waals surface area contributed by atoms with Gasteiger partial charge in [0, 0.05) is 25.5 Å². The van der Waals surface area contributed by atoms with Crippen LogP contribution in [0, 0.1) is 6.92 Å². The quantitative estimate of drug-likeness (QED) is 0.749. The summed E-state index contributed by atoms with van der Waals surface area (Å²) < 4.78 is 27.8. The Labute approximate surface area is 112 Å². The minimum atomic E-state index is -3.45. The molecule has 0 amide bonds. The zero-order valence-corrected chi connectivity index (χ0v) is 11.7. The fraction of sp³-hybridized carbons (Fsp3) is 0.455. The molecule has 0 unspecified atom stereocenters. The first kappa shape index (κ1) is 13.8. The van der Waals surface area contributed by atoms with Crippen molar-refractivity contribution in [3.63, 3.8) is 0 Å². The van der Waals surface area contributed by atoms with Gasteiger partial charge in [0.2, 0.25) is 10.0 Å². The Morgan fingerprint density at radius 1 is 1.42 bits per heavy atom. The van der Waals surface area contributed by atoms with Crippen molar-refractivity contribution < 1.29 is 8.42 Å². The predicted molar refractivity (Wildman–Crippen MR) is 70.0 cm³/mol. The predicted octanol–water partition coefficient (Wildman–Crippen LogP) is 0.363. The first-order valence-corrected chi connectivity index (χ1v) is 7.44. The lowest BCUT2D eigenvalue weighted by molar-refractivity contribution is 0.579. The molecular formula is C11H17N5O2S. The average molecular weight is 283 g/mol. The van der Waals surface area contributed by atoms with Gasteiger partial charge in [-0.2, -0.15) is 10.2 Å². The molecule has 104 valence electrons. The molecule has 0 radical (unpaired) electrons. The average Bonchev–Trinajstić information content (AvgIpc) is 2.94. The minimum Gasteiger partial charge on any atom is -0.283 e. The fourth-order valence-electron chi connectivity index (χ4n) is 1.73. The number of H-pyrrole nitrogens is 1. The number of sulfonamides is 1. The van der Waals surface area contributed by atoms with Crippen molar-refractivity contribution in [3.05, 3.63) is 29.8 Å². The smallest absolute Gasteiger partial charge is 0.243 e. The van der Waals surface area contributed by atoms with Crippen LogP contribution < -0.4 is 4.72 Å². The summed E-state index contributed by atoms with van der Waals surface area (Å²) in [5.41, 5.74) is 2.13. The van der Waals surface area contributed by atoms with Gasteiger partial charge in [-0.3, -0.25) is 9.78 Å². The lowest BCUT2D eigenvalue weighted by atomic mass is 10.1. The van der Waals surface area contributed by atoms with E-state index < -0.39 is 10.0 Å². The van der Waals surface area contributed by atoms with Crippen molar-refractivity contribution in [2.75, 3.05) is 6.54 Å². The Bertz CT molecular complexity index is 644. The molecule has 8 heteroatoms. The van der Waals surface area contributed by atoms with Crippen LogP contribution in [0.2, 0.25) is 0 Å². The molecule has 7 nitrogen and oxygen atoms in total. The highest BCUT2D eigenvalue weighted by Gasteiger charge is 2.15. The van der Waals surface area contributed by atoms with Gasteiger partial charge in [-0.1, -0.05) is 0 Å². The summed E-state index contributed by atoms with van der Waals surface area (Å²) in [7, 11) is -1.77. The molecule has 2 heterocycles. The summed E-state index contributed by atoms with van der Waals surface area (Å²) in [4.78, 5) is 0.189. The minimum absolute atomic E-state index is 0.189. The second-order valence-electron chi connectivity index (χ2n) is 4.37. The van der Waals surface area contributed by atoms with Gasteiger partial charge in [0.05, 0.1) is 12.4 Å². The van der Waals surface area contributed by atoms with E-state index in [1.165, 1.54) is 17.1 Å². The van der Waals surface area contributed by atoms with Gasteiger partial charge in [0.1, 0.15) is 4.90 Å². The van der Waals surface area contributed by atoms with Crippen molar-refractivity contribution in [1.82, 2.24) is 24.7 Å². The molecule has 0 saturated heterocycles. The van der Waals surface area contributed by atoms with E-state index in [9.17, 15) is 8.42 Å². The van der Waals surface area contributed by atoms with Gasteiger partial charge in [-0.15, -0.1) is 0 Å². The van der Waals surface area contributed by atoms with Crippen LogP contribution in [0.1, 0.15) is 17.7 Å². The number of hydrogen-bond acceptors (Lipinski definition) is 4. The maximum Gasteiger partial charge on any atom is 0.243 e. The van der Waals surface area contributed by atoms with E-state index in [0.29, 0.717) is 6.54 Å². The molecule has 2 aromatic rings. The first-order valence-electron chi connectivity index (χ1n) is 5.96. The third kappa shape index (κ3) is 3.42. The van der Waals surface area contributed by atoms with Crippen molar-refractivity contribution in [2.45, 2.75) is 24.7 Å². The van der Waals surface area contributed by atoms with Gasteiger partial charge < -0.3 is 0 Å². The summed E-state index contributed by atoms with van der Waals surface area (Å²) in [6, 6.07) is 0. The topological polar surface area (TPSA) is 92.7 Å². The lowest BCUT2D eigenvalue weighted by Crippen LogP contribution is -2.24. The SMILES string of the molecule is Cc1[nH]ncc1CCCNS(=O)(=O)c1cnn(C)c1. The second kappa shape index (κ2) is 5.54. The zero-order valence-electron chi connectivity index (χ0n) is 10.9. The fourth-order valence-corrected chi connectivity index (χ4v) is 2.79. The highest BCUT2D eigenvalue weighted by atomic mass is 32.2. The maximum absolute atomic E-state index is 11.9. The first-order chi connectivity index (χ1) is 8.99. The molecule has 2 N–H and O–H groups in total. The van der Waals surface area contributed by atoms with Crippen LogP contribution in [0.3, 0.4) is 0 Å². The number of aromatic amines is 1. The Morgan fingerprint density at radius 3 is 2.79 bits per heavy atom. The maximum atomic E-state index is 11.9. The monoisotopic (exact) mass is 283 g/mol. The second-order valence-corrected chi connectivity index (χ2v) is 6.14. The summed E-state index contributed by atoms with van der Waals surface area (Å²) in [6.07, 6.45) is 6.09. The van der Waals surface area contributed by atoms with E-state index in [2.05, 4.69) is 20.0 Å². The van der Waals surface area contributed by atoms with Gasteiger partial charge in [-0.05, 0) is 25.3 Å². The molecule has 0 atom stereocenters. The van der Waals surface area contributed by atoms with Crippen LogP contribution in [0.15, 0.2) is 23.5 Å². The van der Waals surface area contributed by atoms with Crippen molar-refractivity contribution in [2.24, 2.45) is 7.05 Å². The van der Waals surface area contributed by atoms with Crippen LogP contribution in [0.25, 0.3) is 0 Å². The Hall–Kier alpha value is -1.67. The van der Waals surface area contributed by atoms with Crippen LogP contribution in [0.4, 0.5) is 0 Å². The number of nitrogens with zero attached hydrogens (tertiary/aromatic N) is 3. The number of aromatic nitrogens is 4.